The molecule has 0 saturated heterocycles. The van der Waals surface area contributed by atoms with Crippen molar-refractivity contribution in [3.05, 3.63) is 77.9 Å². The van der Waals surface area contributed by atoms with Crippen molar-refractivity contribution >= 4 is 35.0 Å². The van der Waals surface area contributed by atoms with Crippen molar-refractivity contribution < 1.29 is 19.1 Å². The molecule has 0 bridgehead atoms. The summed E-state index contributed by atoms with van der Waals surface area (Å²) in [4.78, 5) is 40.2. The van der Waals surface area contributed by atoms with Crippen molar-refractivity contribution in [2.75, 3.05) is 22.1 Å². The Bertz CT molecular complexity index is 1360. The van der Waals surface area contributed by atoms with E-state index in [1.165, 1.54) is 12.8 Å². The summed E-state index contributed by atoms with van der Waals surface area (Å²) in [5, 5.41) is 5.71. The molecule has 1 aliphatic carbocycles. The zero-order valence-electron chi connectivity index (χ0n) is 21.3. The molecule has 190 valence electrons. The van der Waals surface area contributed by atoms with E-state index in [4.69, 9.17) is 4.74 Å². The molecule has 1 heterocycles. The second-order valence-electron chi connectivity index (χ2n) is 10.7. The summed E-state index contributed by atoms with van der Waals surface area (Å²) in [5.41, 5.74) is 4.29. The highest BCUT2D eigenvalue weighted by Gasteiger charge is 2.33. The van der Waals surface area contributed by atoms with Crippen LogP contribution in [0.15, 0.2) is 66.7 Å². The SMILES string of the molecule is CC(C)(C)OC(=O)Nc1ccc(-c2ccccc2)cc1NC(=O)c1ccc2c(c1)CC(=O)N2CC1CC1. The van der Waals surface area contributed by atoms with Crippen LogP contribution in [0.3, 0.4) is 0 Å². The number of carbonyl (C=O) groups is 3. The number of nitrogens with zero attached hydrogens (tertiary/aromatic N) is 1. The third-order valence-corrected chi connectivity index (χ3v) is 6.42. The summed E-state index contributed by atoms with van der Waals surface area (Å²) >= 11 is 0. The van der Waals surface area contributed by atoms with Gasteiger partial charge in [-0.05, 0) is 86.6 Å². The molecule has 3 aromatic carbocycles. The van der Waals surface area contributed by atoms with E-state index in [2.05, 4.69) is 10.6 Å². The van der Waals surface area contributed by atoms with Gasteiger partial charge in [0.2, 0.25) is 5.91 Å². The van der Waals surface area contributed by atoms with Gasteiger partial charge in [0.1, 0.15) is 5.60 Å². The van der Waals surface area contributed by atoms with E-state index in [1.54, 1.807) is 39.0 Å². The molecular weight excluding hydrogens is 466 g/mol. The van der Waals surface area contributed by atoms with Crippen LogP contribution in [0.2, 0.25) is 0 Å². The molecule has 0 aromatic heterocycles. The molecule has 3 aromatic rings. The summed E-state index contributed by atoms with van der Waals surface area (Å²) in [5.74, 6) is 0.345. The van der Waals surface area contributed by atoms with Crippen LogP contribution in [0.5, 0.6) is 0 Å². The number of rotatable bonds is 6. The zero-order chi connectivity index (χ0) is 26.2. The molecule has 0 radical (unpaired) electrons. The fourth-order valence-electron chi connectivity index (χ4n) is 4.46. The first-order valence-corrected chi connectivity index (χ1v) is 12.6. The molecule has 0 atom stereocenters. The Kier molecular flexibility index (Phi) is 6.46. The lowest BCUT2D eigenvalue weighted by molar-refractivity contribution is -0.117. The lowest BCUT2D eigenvalue weighted by Crippen LogP contribution is -2.28. The molecule has 0 unspecified atom stereocenters. The van der Waals surface area contributed by atoms with Crippen LogP contribution in [-0.4, -0.2) is 30.1 Å². The number of amides is 3. The Morgan fingerprint density at radius 3 is 2.38 bits per heavy atom. The average molecular weight is 498 g/mol. The van der Waals surface area contributed by atoms with Crippen LogP contribution < -0.4 is 15.5 Å². The van der Waals surface area contributed by atoms with Gasteiger partial charge in [-0.15, -0.1) is 0 Å². The molecule has 5 rings (SSSR count). The highest BCUT2D eigenvalue weighted by Crippen LogP contribution is 2.36. The smallest absolute Gasteiger partial charge is 0.412 e. The molecule has 0 spiro atoms. The van der Waals surface area contributed by atoms with Crippen LogP contribution in [0.4, 0.5) is 21.9 Å². The molecule has 1 aliphatic heterocycles. The number of benzene rings is 3. The molecule has 37 heavy (non-hydrogen) atoms. The summed E-state index contributed by atoms with van der Waals surface area (Å²) in [7, 11) is 0. The number of fused-ring (bicyclic) bond motifs is 1. The minimum Gasteiger partial charge on any atom is -0.444 e. The van der Waals surface area contributed by atoms with E-state index in [1.807, 2.05) is 53.4 Å². The van der Waals surface area contributed by atoms with E-state index >= 15 is 0 Å². The fraction of sp³-hybridized carbons (Fsp3) is 0.300. The average Bonchev–Trinajstić information content (AvgIpc) is 3.61. The lowest BCUT2D eigenvalue weighted by Gasteiger charge is -2.21. The molecule has 1 saturated carbocycles. The van der Waals surface area contributed by atoms with Crippen LogP contribution in [0.1, 0.15) is 49.5 Å². The Morgan fingerprint density at radius 1 is 0.919 bits per heavy atom. The predicted octanol–water partition coefficient (Wildman–Crippen LogP) is 6.25. The molecule has 7 nitrogen and oxygen atoms in total. The Labute approximate surface area is 216 Å². The summed E-state index contributed by atoms with van der Waals surface area (Å²) in [6, 6.07) is 20.6. The van der Waals surface area contributed by atoms with Crippen LogP contribution in [0, 0.1) is 5.92 Å². The summed E-state index contributed by atoms with van der Waals surface area (Å²) < 4.78 is 5.40. The van der Waals surface area contributed by atoms with Gasteiger partial charge in [-0.1, -0.05) is 36.4 Å². The van der Waals surface area contributed by atoms with Gasteiger partial charge in [0.05, 0.1) is 17.8 Å². The normalized spacial score (nSPS) is 14.8. The maximum Gasteiger partial charge on any atom is 0.412 e. The maximum atomic E-state index is 13.3. The van der Waals surface area contributed by atoms with Crippen LogP contribution in [-0.2, 0) is 16.0 Å². The Balaban J connectivity index is 1.40. The van der Waals surface area contributed by atoms with E-state index in [9.17, 15) is 14.4 Å². The molecule has 2 aliphatic rings. The fourth-order valence-corrected chi connectivity index (χ4v) is 4.46. The topological polar surface area (TPSA) is 87.7 Å². The van der Waals surface area contributed by atoms with E-state index in [0.717, 1.165) is 28.9 Å². The minimum absolute atomic E-state index is 0.0823. The first kappa shape index (κ1) is 24.6. The largest absolute Gasteiger partial charge is 0.444 e. The van der Waals surface area contributed by atoms with Gasteiger partial charge in [-0.2, -0.15) is 0 Å². The van der Waals surface area contributed by atoms with Gasteiger partial charge in [-0.25, -0.2) is 4.79 Å². The number of anilines is 3. The lowest BCUT2D eigenvalue weighted by atomic mass is 10.0. The van der Waals surface area contributed by atoms with Crippen molar-refractivity contribution in [2.24, 2.45) is 5.92 Å². The molecule has 7 heteroatoms. The monoisotopic (exact) mass is 497 g/mol. The standard InChI is InChI=1S/C30H31N3O4/c1-30(2,3)37-29(36)32-24-13-11-21(20-7-5-4-6-8-20)16-25(24)31-28(35)22-12-14-26-23(15-22)17-27(34)33(26)18-19-9-10-19/h4-8,11-16,19H,9-10,17-18H2,1-3H3,(H,31,35)(H,32,36). The van der Waals surface area contributed by atoms with E-state index in [0.29, 0.717) is 29.3 Å². The second-order valence-corrected chi connectivity index (χ2v) is 10.7. The number of hydrogen-bond donors (Lipinski definition) is 2. The molecule has 1 fully saturated rings. The predicted molar refractivity (Wildman–Crippen MR) is 145 cm³/mol. The Morgan fingerprint density at radius 2 is 1.68 bits per heavy atom. The van der Waals surface area contributed by atoms with Gasteiger partial charge < -0.3 is 15.0 Å². The first-order chi connectivity index (χ1) is 17.7. The number of hydrogen-bond acceptors (Lipinski definition) is 4. The van der Waals surface area contributed by atoms with Crippen molar-refractivity contribution in [1.82, 2.24) is 0 Å². The number of ether oxygens (including phenoxy) is 1. The van der Waals surface area contributed by atoms with E-state index < -0.39 is 11.7 Å². The Hall–Kier alpha value is -4.13. The van der Waals surface area contributed by atoms with Crippen molar-refractivity contribution in [3.63, 3.8) is 0 Å². The summed E-state index contributed by atoms with van der Waals surface area (Å²) in [6.45, 7) is 6.12. The number of nitrogens with one attached hydrogen (secondary N) is 2. The van der Waals surface area contributed by atoms with Crippen molar-refractivity contribution in [2.45, 2.75) is 45.6 Å². The first-order valence-electron chi connectivity index (χ1n) is 12.6. The second kappa shape index (κ2) is 9.73. The maximum absolute atomic E-state index is 13.3. The zero-order valence-corrected chi connectivity index (χ0v) is 21.3. The van der Waals surface area contributed by atoms with E-state index in [-0.39, 0.29) is 11.8 Å². The third kappa shape index (κ3) is 5.82. The van der Waals surface area contributed by atoms with Gasteiger partial charge in [-0.3, -0.25) is 14.9 Å². The van der Waals surface area contributed by atoms with Gasteiger partial charge in [0.15, 0.2) is 0 Å². The van der Waals surface area contributed by atoms with Gasteiger partial charge in [0.25, 0.3) is 5.91 Å². The molecular formula is C30H31N3O4. The highest BCUT2D eigenvalue weighted by atomic mass is 16.6. The molecule has 3 amide bonds. The third-order valence-electron chi connectivity index (χ3n) is 6.42. The molecule has 2 N–H and O–H groups in total. The van der Waals surface area contributed by atoms with Gasteiger partial charge >= 0.3 is 6.09 Å². The van der Waals surface area contributed by atoms with Crippen molar-refractivity contribution in [3.8, 4) is 11.1 Å². The van der Waals surface area contributed by atoms with Crippen molar-refractivity contribution in [1.29, 1.82) is 0 Å². The number of carbonyl (C=O) groups excluding carboxylic acids is 3. The van der Waals surface area contributed by atoms with Gasteiger partial charge in [0, 0.05) is 17.8 Å². The minimum atomic E-state index is -0.660. The summed E-state index contributed by atoms with van der Waals surface area (Å²) in [6.07, 6.45) is 2.03. The van der Waals surface area contributed by atoms with Crippen LogP contribution >= 0.6 is 0 Å². The van der Waals surface area contributed by atoms with Crippen LogP contribution in [0.25, 0.3) is 11.1 Å². The highest BCUT2D eigenvalue weighted by molar-refractivity contribution is 6.09. The quantitative estimate of drug-likeness (QED) is 0.421.